The Morgan fingerprint density at radius 1 is 0.771 bits per heavy atom. The van der Waals surface area contributed by atoms with Crippen molar-refractivity contribution in [3.63, 3.8) is 0 Å². The van der Waals surface area contributed by atoms with Gasteiger partial charge in [-0.25, -0.2) is 8.42 Å². The summed E-state index contributed by atoms with van der Waals surface area (Å²) in [6.45, 7) is 1.57. The number of hydrogen-bond acceptors (Lipinski definition) is 4. The quantitative estimate of drug-likeness (QED) is 0.334. The van der Waals surface area contributed by atoms with Gasteiger partial charge in [0.25, 0.3) is 0 Å². The zero-order chi connectivity index (χ0) is 24.8. The van der Waals surface area contributed by atoms with Gasteiger partial charge in [0.1, 0.15) is 17.5 Å². The van der Waals surface area contributed by atoms with E-state index < -0.39 is 22.0 Å². The Bertz CT molecular complexity index is 1390. The molecule has 35 heavy (non-hydrogen) atoms. The zero-order valence-electron chi connectivity index (χ0n) is 19.5. The molecule has 0 aliphatic carbocycles. The van der Waals surface area contributed by atoms with E-state index in [0.29, 0.717) is 22.9 Å². The minimum Gasteiger partial charge on any atom is -0.457 e. The normalized spacial score (nSPS) is 11.9. The first-order valence-electron chi connectivity index (χ1n) is 11.1. The predicted molar refractivity (Wildman–Crippen MR) is 140 cm³/mol. The maximum absolute atomic E-state index is 13.2. The second-order valence-electron chi connectivity index (χ2n) is 8.04. The molecule has 4 rings (SSSR count). The van der Waals surface area contributed by atoms with Crippen molar-refractivity contribution >= 4 is 27.3 Å². The third kappa shape index (κ3) is 5.88. The molecule has 178 valence electrons. The number of benzene rings is 4. The van der Waals surface area contributed by atoms with Crippen LogP contribution in [0.5, 0.6) is 11.5 Å². The summed E-state index contributed by atoms with van der Waals surface area (Å²) < 4.78 is 32.3. The summed E-state index contributed by atoms with van der Waals surface area (Å²) in [5.41, 5.74) is 2.77. The smallest absolute Gasteiger partial charge is 0.248 e. The number of para-hydroxylation sites is 2. The van der Waals surface area contributed by atoms with Crippen molar-refractivity contribution in [2.45, 2.75) is 13.0 Å². The van der Waals surface area contributed by atoms with Crippen LogP contribution in [0.1, 0.15) is 6.92 Å². The molecule has 7 heteroatoms. The number of ether oxygens (including phenoxy) is 1. The van der Waals surface area contributed by atoms with Crippen LogP contribution >= 0.6 is 0 Å². The van der Waals surface area contributed by atoms with Crippen molar-refractivity contribution in [2.24, 2.45) is 0 Å². The zero-order valence-corrected chi connectivity index (χ0v) is 20.3. The monoisotopic (exact) mass is 486 g/mol. The van der Waals surface area contributed by atoms with E-state index >= 15 is 0 Å². The summed E-state index contributed by atoms with van der Waals surface area (Å²) >= 11 is 0. The van der Waals surface area contributed by atoms with E-state index in [1.807, 2.05) is 78.9 Å². The molecule has 1 atom stereocenters. The van der Waals surface area contributed by atoms with Crippen molar-refractivity contribution < 1.29 is 17.9 Å². The van der Waals surface area contributed by atoms with Gasteiger partial charge in [-0.15, -0.1) is 0 Å². The van der Waals surface area contributed by atoms with Gasteiger partial charge in [-0.1, -0.05) is 66.7 Å². The van der Waals surface area contributed by atoms with Crippen LogP contribution in [0.25, 0.3) is 11.1 Å². The van der Waals surface area contributed by atoms with Crippen LogP contribution < -0.4 is 14.4 Å². The van der Waals surface area contributed by atoms with E-state index in [0.717, 1.165) is 21.7 Å². The average Bonchev–Trinajstić information content (AvgIpc) is 2.86. The highest BCUT2D eigenvalue weighted by atomic mass is 32.2. The molecule has 0 saturated carbocycles. The fraction of sp³-hybridized carbons (Fsp3) is 0.107. The molecule has 0 aliphatic heterocycles. The van der Waals surface area contributed by atoms with Gasteiger partial charge >= 0.3 is 0 Å². The van der Waals surface area contributed by atoms with Crippen molar-refractivity contribution in [2.75, 3.05) is 15.9 Å². The largest absolute Gasteiger partial charge is 0.457 e. The van der Waals surface area contributed by atoms with Crippen LogP contribution in [-0.2, 0) is 14.8 Å². The fourth-order valence-corrected chi connectivity index (χ4v) is 4.97. The summed E-state index contributed by atoms with van der Waals surface area (Å²) in [4.78, 5) is 13.2. The lowest BCUT2D eigenvalue weighted by molar-refractivity contribution is -0.116. The number of carbonyl (C=O) groups excluding carboxylic acids is 1. The predicted octanol–water partition coefficient (Wildman–Crippen LogP) is 5.94. The van der Waals surface area contributed by atoms with Crippen molar-refractivity contribution in [1.29, 1.82) is 0 Å². The molecular formula is C28H26N2O4S. The Hall–Kier alpha value is -4.10. The van der Waals surface area contributed by atoms with Crippen molar-refractivity contribution in [3.05, 3.63) is 109 Å². The fourth-order valence-electron chi connectivity index (χ4n) is 3.79. The van der Waals surface area contributed by atoms with Crippen LogP contribution in [0, 0.1) is 0 Å². The van der Waals surface area contributed by atoms with E-state index in [2.05, 4.69) is 5.32 Å². The van der Waals surface area contributed by atoms with Crippen molar-refractivity contribution in [3.8, 4) is 22.6 Å². The number of amides is 1. The van der Waals surface area contributed by atoms with Crippen LogP contribution in [0.15, 0.2) is 109 Å². The van der Waals surface area contributed by atoms with Gasteiger partial charge in [-0.3, -0.25) is 9.10 Å². The molecule has 0 bridgehead atoms. The van der Waals surface area contributed by atoms with E-state index in [1.165, 1.54) is 0 Å². The number of hydrogen-bond donors (Lipinski definition) is 1. The Kier molecular flexibility index (Phi) is 7.17. The van der Waals surface area contributed by atoms with Gasteiger partial charge in [-0.05, 0) is 55.0 Å². The molecule has 0 aromatic heterocycles. The van der Waals surface area contributed by atoms with E-state index in [-0.39, 0.29) is 0 Å². The van der Waals surface area contributed by atoms with Crippen LogP contribution in [0.2, 0.25) is 0 Å². The Morgan fingerprint density at radius 3 is 1.94 bits per heavy atom. The van der Waals surface area contributed by atoms with Crippen LogP contribution in [-0.4, -0.2) is 26.6 Å². The minimum absolute atomic E-state index is 0.368. The first-order chi connectivity index (χ1) is 16.8. The lowest BCUT2D eigenvalue weighted by atomic mass is 10.0. The van der Waals surface area contributed by atoms with E-state index in [9.17, 15) is 13.2 Å². The second-order valence-corrected chi connectivity index (χ2v) is 9.90. The second kappa shape index (κ2) is 10.4. The Balaban J connectivity index is 1.56. The number of rotatable bonds is 8. The lowest BCUT2D eigenvalue weighted by Crippen LogP contribution is -2.45. The Morgan fingerprint density at radius 2 is 1.31 bits per heavy atom. The number of anilines is 2. The van der Waals surface area contributed by atoms with Gasteiger partial charge < -0.3 is 10.1 Å². The summed E-state index contributed by atoms with van der Waals surface area (Å²) in [5, 5.41) is 2.91. The van der Waals surface area contributed by atoms with E-state index in [4.69, 9.17) is 4.74 Å². The molecule has 0 saturated heterocycles. The number of sulfonamides is 1. The topological polar surface area (TPSA) is 75.7 Å². The molecule has 6 nitrogen and oxygen atoms in total. The molecule has 0 fully saturated rings. The third-order valence-electron chi connectivity index (χ3n) is 5.43. The van der Waals surface area contributed by atoms with Gasteiger partial charge in [0.2, 0.25) is 15.9 Å². The first-order valence-corrected chi connectivity index (χ1v) is 13.0. The number of nitrogens with one attached hydrogen (secondary N) is 1. The number of nitrogens with zero attached hydrogens (tertiary/aromatic N) is 1. The molecule has 4 aromatic rings. The molecule has 0 aliphatic rings. The van der Waals surface area contributed by atoms with Gasteiger partial charge in [-0.2, -0.15) is 0 Å². The molecule has 1 amide bonds. The molecular weight excluding hydrogens is 460 g/mol. The SMILES string of the molecule is C[C@@H](C(=O)Nc1ccccc1-c1ccccc1)N(c1ccc(Oc2ccccc2)cc1)S(C)(=O)=O. The highest BCUT2D eigenvalue weighted by Gasteiger charge is 2.29. The molecule has 1 N–H and O–H groups in total. The van der Waals surface area contributed by atoms with Gasteiger partial charge in [0, 0.05) is 11.3 Å². The molecule has 0 unspecified atom stereocenters. The molecule has 0 heterocycles. The van der Waals surface area contributed by atoms with Crippen LogP contribution in [0.4, 0.5) is 11.4 Å². The third-order valence-corrected chi connectivity index (χ3v) is 6.67. The molecule has 0 radical (unpaired) electrons. The van der Waals surface area contributed by atoms with E-state index in [1.54, 1.807) is 37.3 Å². The maximum Gasteiger partial charge on any atom is 0.248 e. The number of carbonyl (C=O) groups is 1. The Labute approximate surface area is 205 Å². The molecule has 4 aromatic carbocycles. The highest BCUT2D eigenvalue weighted by molar-refractivity contribution is 7.92. The highest BCUT2D eigenvalue weighted by Crippen LogP contribution is 2.30. The molecule has 0 spiro atoms. The summed E-state index contributed by atoms with van der Waals surface area (Å²) in [5.74, 6) is 0.788. The average molecular weight is 487 g/mol. The summed E-state index contributed by atoms with van der Waals surface area (Å²) in [6, 6.07) is 32.0. The summed E-state index contributed by atoms with van der Waals surface area (Å²) in [6.07, 6.45) is 1.09. The van der Waals surface area contributed by atoms with Crippen molar-refractivity contribution in [1.82, 2.24) is 0 Å². The standard InChI is InChI=1S/C28H26N2O4S/c1-21(28(31)29-27-16-10-9-15-26(27)22-11-5-3-6-12-22)30(35(2,32)33)23-17-19-25(20-18-23)34-24-13-7-4-8-14-24/h3-21H,1-2H3,(H,29,31)/t21-/m0/s1. The first kappa shape index (κ1) is 24.0. The summed E-state index contributed by atoms with van der Waals surface area (Å²) in [7, 11) is -3.76. The van der Waals surface area contributed by atoms with Gasteiger partial charge in [0.05, 0.1) is 11.9 Å². The maximum atomic E-state index is 13.2. The van der Waals surface area contributed by atoms with Gasteiger partial charge in [0.15, 0.2) is 0 Å². The van der Waals surface area contributed by atoms with Crippen LogP contribution in [0.3, 0.4) is 0 Å². The minimum atomic E-state index is -3.76. The lowest BCUT2D eigenvalue weighted by Gasteiger charge is -2.28.